The van der Waals surface area contributed by atoms with E-state index in [0.717, 1.165) is 12.1 Å². The lowest BCUT2D eigenvalue weighted by molar-refractivity contribution is -0.142. The standard InChI is InChI=1S/C13H16F2N2O3/c1-3-17(8-13(19)20-2)7-12(18)16-9-4-5-10(14)11(15)6-9/h4-6H,3,7-8H2,1-2H3,(H,16,18). The van der Waals surface area contributed by atoms with Crippen LogP contribution in [-0.4, -0.2) is 43.5 Å². The maximum Gasteiger partial charge on any atom is 0.319 e. The van der Waals surface area contributed by atoms with Crippen molar-refractivity contribution in [1.82, 2.24) is 4.90 Å². The van der Waals surface area contributed by atoms with Gasteiger partial charge in [-0.15, -0.1) is 0 Å². The Morgan fingerprint density at radius 2 is 1.95 bits per heavy atom. The summed E-state index contributed by atoms with van der Waals surface area (Å²) in [5, 5.41) is 2.43. The fraction of sp³-hybridized carbons (Fsp3) is 0.385. The second-order valence-electron chi connectivity index (χ2n) is 4.06. The SMILES string of the molecule is CCN(CC(=O)Nc1ccc(F)c(F)c1)CC(=O)OC. The highest BCUT2D eigenvalue weighted by atomic mass is 19.2. The highest BCUT2D eigenvalue weighted by Crippen LogP contribution is 2.12. The number of hydrogen-bond donors (Lipinski definition) is 1. The molecule has 1 N–H and O–H groups in total. The van der Waals surface area contributed by atoms with Crippen LogP contribution in [0.25, 0.3) is 0 Å². The lowest BCUT2D eigenvalue weighted by atomic mass is 10.3. The zero-order valence-corrected chi connectivity index (χ0v) is 11.3. The van der Waals surface area contributed by atoms with E-state index in [2.05, 4.69) is 10.1 Å². The smallest absolute Gasteiger partial charge is 0.319 e. The molecule has 0 radical (unpaired) electrons. The molecule has 0 heterocycles. The van der Waals surface area contributed by atoms with Gasteiger partial charge in [-0.1, -0.05) is 6.92 Å². The van der Waals surface area contributed by atoms with Crippen molar-refractivity contribution in [2.45, 2.75) is 6.92 Å². The van der Waals surface area contributed by atoms with Gasteiger partial charge in [-0.3, -0.25) is 14.5 Å². The third-order valence-electron chi connectivity index (χ3n) is 2.60. The van der Waals surface area contributed by atoms with Gasteiger partial charge in [0.2, 0.25) is 5.91 Å². The number of carbonyl (C=O) groups is 2. The molecule has 0 aliphatic carbocycles. The number of benzene rings is 1. The van der Waals surface area contributed by atoms with Crippen molar-refractivity contribution in [1.29, 1.82) is 0 Å². The molecule has 0 aromatic heterocycles. The number of hydrogen-bond acceptors (Lipinski definition) is 4. The number of esters is 1. The molecule has 1 aromatic rings. The molecule has 7 heteroatoms. The predicted octanol–water partition coefficient (Wildman–Crippen LogP) is 1.40. The third kappa shape index (κ3) is 4.93. The van der Waals surface area contributed by atoms with Gasteiger partial charge in [-0.25, -0.2) is 8.78 Å². The Morgan fingerprint density at radius 1 is 1.25 bits per heavy atom. The van der Waals surface area contributed by atoms with Crippen molar-refractivity contribution in [2.75, 3.05) is 32.1 Å². The number of halogens is 2. The van der Waals surface area contributed by atoms with Crippen LogP contribution >= 0.6 is 0 Å². The molecule has 5 nitrogen and oxygen atoms in total. The van der Waals surface area contributed by atoms with Gasteiger partial charge >= 0.3 is 5.97 Å². The van der Waals surface area contributed by atoms with Crippen LogP contribution in [0.15, 0.2) is 18.2 Å². The zero-order valence-electron chi connectivity index (χ0n) is 11.3. The van der Waals surface area contributed by atoms with Gasteiger partial charge in [-0.05, 0) is 18.7 Å². The molecule has 110 valence electrons. The molecule has 1 amide bonds. The summed E-state index contributed by atoms with van der Waals surface area (Å²) in [6.45, 7) is 2.19. The first-order valence-electron chi connectivity index (χ1n) is 6.00. The van der Waals surface area contributed by atoms with Crippen molar-refractivity contribution in [3.05, 3.63) is 29.8 Å². The molecule has 20 heavy (non-hydrogen) atoms. The van der Waals surface area contributed by atoms with Crippen LogP contribution in [0, 0.1) is 11.6 Å². The molecule has 1 aromatic carbocycles. The monoisotopic (exact) mass is 286 g/mol. The van der Waals surface area contributed by atoms with Gasteiger partial charge in [0.05, 0.1) is 20.2 Å². The van der Waals surface area contributed by atoms with Crippen LogP contribution in [0.5, 0.6) is 0 Å². The number of nitrogens with one attached hydrogen (secondary N) is 1. The quantitative estimate of drug-likeness (QED) is 0.803. The van der Waals surface area contributed by atoms with Gasteiger partial charge in [0.25, 0.3) is 0 Å². The summed E-state index contributed by atoms with van der Waals surface area (Å²) in [4.78, 5) is 24.4. The summed E-state index contributed by atoms with van der Waals surface area (Å²) in [6, 6.07) is 3.08. The first kappa shape index (κ1) is 16.0. The normalized spacial score (nSPS) is 10.4. The van der Waals surface area contributed by atoms with Gasteiger partial charge in [-0.2, -0.15) is 0 Å². The Hall–Kier alpha value is -2.02. The Labute approximate surface area is 115 Å². The van der Waals surface area contributed by atoms with Crippen molar-refractivity contribution < 1.29 is 23.1 Å². The van der Waals surface area contributed by atoms with E-state index >= 15 is 0 Å². The molecule has 0 atom stereocenters. The van der Waals surface area contributed by atoms with Crippen LogP contribution < -0.4 is 5.32 Å². The fourth-order valence-electron chi connectivity index (χ4n) is 1.50. The van der Waals surface area contributed by atoms with Crippen LogP contribution in [-0.2, 0) is 14.3 Å². The first-order chi connectivity index (χ1) is 9.46. The van der Waals surface area contributed by atoms with Gasteiger partial charge < -0.3 is 10.1 Å². The van der Waals surface area contributed by atoms with E-state index in [4.69, 9.17) is 0 Å². The number of carbonyl (C=O) groups excluding carboxylic acids is 2. The highest BCUT2D eigenvalue weighted by Gasteiger charge is 2.14. The number of ether oxygens (including phenoxy) is 1. The maximum atomic E-state index is 13.0. The molecule has 0 saturated carbocycles. The lowest BCUT2D eigenvalue weighted by Gasteiger charge is -2.18. The molecule has 0 spiro atoms. The summed E-state index contributed by atoms with van der Waals surface area (Å²) < 4.78 is 30.2. The van der Waals surface area contributed by atoms with E-state index in [9.17, 15) is 18.4 Å². The average Bonchev–Trinajstić information content (AvgIpc) is 2.41. The Balaban J connectivity index is 2.57. The van der Waals surface area contributed by atoms with Crippen molar-refractivity contribution in [3.63, 3.8) is 0 Å². The number of amides is 1. The molecule has 0 bridgehead atoms. The topological polar surface area (TPSA) is 58.6 Å². The minimum atomic E-state index is -1.04. The molecule has 0 fully saturated rings. The second kappa shape index (κ2) is 7.54. The van der Waals surface area contributed by atoms with E-state index in [0.29, 0.717) is 6.54 Å². The summed E-state index contributed by atoms with van der Waals surface area (Å²) in [7, 11) is 1.26. The molecule has 0 saturated heterocycles. The van der Waals surface area contributed by atoms with E-state index < -0.39 is 23.5 Å². The Morgan fingerprint density at radius 3 is 2.50 bits per heavy atom. The van der Waals surface area contributed by atoms with Crippen LogP contribution in [0.1, 0.15) is 6.92 Å². The van der Waals surface area contributed by atoms with Gasteiger partial charge in [0, 0.05) is 11.8 Å². The fourth-order valence-corrected chi connectivity index (χ4v) is 1.50. The maximum absolute atomic E-state index is 13.0. The van der Waals surface area contributed by atoms with Crippen molar-refractivity contribution in [3.8, 4) is 0 Å². The summed E-state index contributed by atoms with van der Waals surface area (Å²) in [6.07, 6.45) is 0. The summed E-state index contributed by atoms with van der Waals surface area (Å²) in [5.74, 6) is -2.90. The number of likely N-dealkylation sites (N-methyl/N-ethyl adjacent to an activating group) is 1. The predicted molar refractivity (Wildman–Crippen MR) is 69.1 cm³/mol. The molecule has 0 aliphatic rings. The molecule has 1 rings (SSSR count). The zero-order chi connectivity index (χ0) is 15.1. The molecular formula is C13H16F2N2O3. The third-order valence-corrected chi connectivity index (χ3v) is 2.60. The Bertz CT molecular complexity index is 495. The largest absolute Gasteiger partial charge is 0.468 e. The van der Waals surface area contributed by atoms with Crippen LogP contribution in [0.2, 0.25) is 0 Å². The summed E-state index contributed by atoms with van der Waals surface area (Å²) in [5.41, 5.74) is 0.156. The van der Waals surface area contributed by atoms with Gasteiger partial charge in [0.15, 0.2) is 11.6 Å². The van der Waals surface area contributed by atoms with Crippen LogP contribution in [0.3, 0.4) is 0 Å². The van der Waals surface area contributed by atoms with E-state index in [1.807, 2.05) is 0 Å². The molecular weight excluding hydrogens is 270 g/mol. The minimum Gasteiger partial charge on any atom is -0.468 e. The summed E-state index contributed by atoms with van der Waals surface area (Å²) >= 11 is 0. The number of anilines is 1. The number of rotatable bonds is 6. The van der Waals surface area contributed by atoms with Crippen molar-refractivity contribution in [2.24, 2.45) is 0 Å². The first-order valence-corrected chi connectivity index (χ1v) is 6.00. The minimum absolute atomic E-state index is 0.0157. The van der Waals surface area contributed by atoms with Gasteiger partial charge in [0.1, 0.15) is 0 Å². The van der Waals surface area contributed by atoms with E-state index in [1.54, 1.807) is 11.8 Å². The van der Waals surface area contributed by atoms with Crippen LogP contribution in [0.4, 0.5) is 14.5 Å². The average molecular weight is 286 g/mol. The molecule has 0 aliphatic heterocycles. The van der Waals surface area contributed by atoms with E-state index in [1.165, 1.54) is 13.2 Å². The number of methoxy groups -OCH3 is 1. The molecule has 0 unspecified atom stereocenters. The van der Waals surface area contributed by atoms with E-state index in [-0.39, 0.29) is 18.8 Å². The second-order valence-corrected chi connectivity index (χ2v) is 4.06. The highest BCUT2D eigenvalue weighted by molar-refractivity contribution is 5.92. The Kier molecular flexibility index (Phi) is 6.05. The lowest BCUT2D eigenvalue weighted by Crippen LogP contribution is -2.37. The number of nitrogens with zero attached hydrogens (tertiary/aromatic N) is 1. The van der Waals surface area contributed by atoms with Crippen molar-refractivity contribution >= 4 is 17.6 Å².